The number of rotatable bonds is 6. The molecule has 0 spiro atoms. The lowest BCUT2D eigenvalue weighted by Crippen LogP contribution is -2.31. The molecule has 0 unspecified atom stereocenters. The first-order valence-electron chi connectivity index (χ1n) is 7.65. The number of hydrogen-bond acceptors (Lipinski definition) is 4. The first kappa shape index (κ1) is 17.0. The van der Waals surface area contributed by atoms with E-state index in [1.807, 2.05) is 13.8 Å². The van der Waals surface area contributed by atoms with Crippen LogP contribution in [0.5, 0.6) is 0 Å². The Morgan fingerprint density at radius 3 is 2.73 bits per heavy atom. The molecule has 0 fully saturated rings. The highest BCUT2D eigenvalue weighted by Crippen LogP contribution is 2.40. The normalized spacial score (nSPS) is 16.1. The molecule has 0 saturated carbocycles. The third-order valence-corrected chi connectivity index (χ3v) is 4.88. The number of amides is 1. The quantitative estimate of drug-likeness (QED) is 0.780. The largest absolute Gasteiger partial charge is 0.478 e. The number of carboxylic acid groups (broad SMARTS) is 1. The minimum atomic E-state index is -0.987. The van der Waals surface area contributed by atoms with E-state index in [0.717, 1.165) is 29.7 Å². The number of anilines is 1. The maximum Gasteiger partial charge on any atom is 0.339 e. The molecule has 1 aliphatic rings. The van der Waals surface area contributed by atoms with Crippen LogP contribution in [0.1, 0.15) is 67.3 Å². The zero-order valence-corrected chi connectivity index (χ0v) is 14.1. The van der Waals surface area contributed by atoms with E-state index in [1.54, 1.807) is 0 Å². The van der Waals surface area contributed by atoms with Crippen molar-refractivity contribution in [2.45, 2.75) is 65.1 Å². The van der Waals surface area contributed by atoms with Crippen molar-refractivity contribution in [1.82, 2.24) is 0 Å². The van der Waals surface area contributed by atoms with Gasteiger partial charge in [0.15, 0.2) is 0 Å². The van der Waals surface area contributed by atoms with E-state index >= 15 is 0 Å². The fraction of sp³-hybridized carbons (Fsp3) is 0.625. The Labute approximate surface area is 134 Å². The maximum absolute atomic E-state index is 12.0. The molecule has 22 heavy (non-hydrogen) atoms. The number of ether oxygens (including phenoxy) is 1. The predicted octanol–water partition coefficient (Wildman–Crippen LogP) is 3.82. The van der Waals surface area contributed by atoms with Crippen molar-refractivity contribution in [3.63, 3.8) is 0 Å². The summed E-state index contributed by atoms with van der Waals surface area (Å²) >= 11 is 1.32. The van der Waals surface area contributed by atoms with Crippen LogP contribution in [0.2, 0.25) is 0 Å². The van der Waals surface area contributed by atoms with Gasteiger partial charge in [0.1, 0.15) is 5.00 Å². The van der Waals surface area contributed by atoms with Gasteiger partial charge in [-0.3, -0.25) is 4.79 Å². The van der Waals surface area contributed by atoms with Crippen LogP contribution in [-0.2, 0) is 22.6 Å². The van der Waals surface area contributed by atoms with Crippen LogP contribution in [-0.4, -0.2) is 22.6 Å². The smallest absolute Gasteiger partial charge is 0.339 e. The topological polar surface area (TPSA) is 75.6 Å². The summed E-state index contributed by atoms with van der Waals surface area (Å²) in [6.45, 7) is 6.37. The number of fused-ring (bicyclic) bond motifs is 1. The number of carbonyl (C=O) groups is 2. The summed E-state index contributed by atoms with van der Waals surface area (Å²) in [4.78, 5) is 24.5. The molecule has 1 aliphatic heterocycles. The monoisotopic (exact) mass is 325 g/mol. The van der Waals surface area contributed by atoms with E-state index in [-0.39, 0.29) is 17.1 Å². The van der Waals surface area contributed by atoms with Crippen molar-refractivity contribution in [3.8, 4) is 0 Å². The van der Waals surface area contributed by atoms with Gasteiger partial charge in [-0.25, -0.2) is 4.79 Å². The third kappa shape index (κ3) is 3.87. The SMILES string of the molecule is CCCCCC(=O)Nc1sc2c(c1C(=O)O)CC(C)(C)OC2. The molecular formula is C16H23NO4S. The molecule has 0 aromatic carbocycles. The number of aromatic carboxylic acids is 1. The van der Waals surface area contributed by atoms with Gasteiger partial charge in [0.2, 0.25) is 5.91 Å². The zero-order valence-electron chi connectivity index (χ0n) is 13.3. The van der Waals surface area contributed by atoms with Crippen LogP contribution >= 0.6 is 11.3 Å². The summed E-state index contributed by atoms with van der Waals surface area (Å²) in [5.74, 6) is -1.10. The van der Waals surface area contributed by atoms with Crippen LogP contribution in [0, 0.1) is 0 Å². The van der Waals surface area contributed by atoms with Gasteiger partial charge in [0.05, 0.1) is 17.8 Å². The van der Waals surface area contributed by atoms with E-state index in [2.05, 4.69) is 12.2 Å². The van der Waals surface area contributed by atoms with Gasteiger partial charge in [-0.15, -0.1) is 11.3 Å². The maximum atomic E-state index is 12.0. The number of carboxylic acids is 1. The molecule has 2 N–H and O–H groups in total. The second-order valence-corrected chi connectivity index (χ2v) is 7.35. The van der Waals surface area contributed by atoms with E-state index in [1.165, 1.54) is 11.3 Å². The van der Waals surface area contributed by atoms with Gasteiger partial charge in [0, 0.05) is 17.7 Å². The standard InChI is InChI=1S/C16H23NO4S/c1-4-5-6-7-12(18)17-14-13(15(19)20)10-8-16(2,3)21-9-11(10)22-14/h4-9H2,1-3H3,(H,17,18)(H,19,20). The first-order valence-corrected chi connectivity index (χ1v) is 8.47. The second kappa shape index (κ2) is 6.79. The molecule has 1 aromatic rings. The summed E-state index contributed by atoms with van der Waals surface area (Å²) in [7, 11) is 0. The number of hydrogen-bond donors (Lipinski definition) is 2. The molecule has 1 amide bonds. The number of thiophene rings is 1. The Morgan fingerprint density at radius 1 is 1.36 bits per heavy atom. The molecule has 0 radical (unpaired) electrons. The average molecular weight is 325 g/mol. The summed E-state index contributed by atoms with van der Waals surface area (Å²) in [5, 5.41) is 12.7. The second-order valence-electron chi connectivity index (χ2n) is 6.24. The van der Waals surface area contributed by atoms with Gasteiger partial charge in [-0.05, 0) is 25.8 Å². The van der Waals surface area contributed by atoms with Crippen LogP contribution in [0.25, 0.3) is 0 Å². The fourth-order valence-corrected chi connectivity index (χ4v) is 3.73. The summed E-state index contributed by atoms with van der Waals surface area (Å²) < 4.78 is 5.73. The van der Waals surface area contributed by atoms with Gasteiger partial charge >= 0.3 is 5.97 Å². The Hall–Kier alpha value is -1.40. The van der Waals surface area contributed by atoms with Gasteiger partial charge in [-0.2, -0.15) is 0 Å². The number of nitrogens with one attached hydrogen (secondary N) is 1. The van der Waals surface area contributed by atoms with E-state index in [9.17, 15) is 14.7 Å². The van der Waals surface area contributed by atoms with Gasteiger partial charge in [0.25, 0.3) is 0 Å². The molecule has 5 nitrogen and oxygen atoms in total. The van der Waals surface area contributed by atoms with Crippen molar-refractivity contribution in [2.75, 3.05) is 5.32 Å². The Morgan fingerprint density at radius 2 is 2.09 bits per heavy atom. The van der Waals surface area contributed by atoms with Crippen LogP contribution in [0.4, 0.5) is 5.00 Å². The number of carbonyl (C=O) groups excluding carboxylic acids is 1. The van der Waals surface area contributed by atoms with Crippen molar-refractivity contribution >= 4 is 28.2 Å². The summed E-state index contributed by atoms with van der Waals surface area (Å²) in [5.41, 5.74) is 0.665. The molecule has 0 aliphatic carbocycles. The molecule has 122 valence electrons. The summed E-state index contributed by atoms with van der Waals surface area (Å²) in [6, 6.07) is 0. The van der Waals surface area contributed by atoms with Crippen molar-refractivity contribution < 1.29 is 19.4 Å². The van der Waals surface area contributed by atoms with E-state index in [4.69, 9.17) is 4.74 Å². The molecule has 2 rings (SSSR count). The van der Waals surface area contributed by atoms with Crippen LogP contribution in [0.15, 0.2) is 0 Å². The van der Waals surface area contributed by atoms with E-state index in [0.29, 0.717) is 24.4 Å². The van der Waals surface area contributed by atoms with E-state index < -0.39 is 5.97 Å². The van der Waals surface area contributed by atoms with Crippen molar-refractivity contribution in [3.05, 3.63) is 16.0 Å². The Kier molecular flexibility index (Phi) is 5.24. The molecule has 0 bridgehead atoms. The molecule has 2 heterocycles. The lowest BCUT2D eigenvalue weighted by molar-refractivity contribution is -0.116. The van der Waals surface area contributed by atoms with Crippen LogP contribution in [0.3, 0.4) is 0 Å². The summed E-state index contributed by atoms with van der Waals surface area (Å²) in [6.07, 6.45) is 3.85. The average Bonchev–Trinajstić information content (AvgIpc) is 2.74. The Bertz CT molecular complexity index is 577. The molecular weight excluding hydrogens is 302 g/mol. The molecule has 0 atom stereocenters. The fourth-order valence-electron chi connectivity index (χ4n) is 2.59. The highest BCUT2D eigenvalue weighted by atomic mass is 32.1. The van der Waals surface area contributed by atoms with Gasteiger partial charge < -0.3 is 15.2 Å². The lowest BCUT2D eigenvalue weighted by atomic mass is 9.93. The van der Waals surface area contributed by atoms with Crippen molar-refractivity contribution in [1.29, 1.82) is 0 Å². The first-order chi connectivity index (χ1) is 10.3. The van der Waals surface area contributed by atoms with Gasteiger partial charge in [-0.1, -0.05) is 19.8 Å². The zero-order chi connectivity index (χ0) is 16.3. The Balaban J connectivity index is 2.20. The minimum Gasteiger partial charge on any atom is -0.478 e. The third-order valence-electron chi connectivity index (χ3n) is 3.76. The highest BCUT2D eigenvalue weighted by Gasteiger charge is 2.33. The molecule has 6 heteroatoms. The highest BCUT2D eigenvalue weighted by molar-refractivity contribution is 7.17. The molecule has 1 aromatic heterocycles. The lowest BCUT2D eigenvalue weighted by Gasteiger charge is -2.30. The van der Waals surface area contributed by atoms with Crippen molar-refractivity contribution in [2.24, 2.45) is 0 Å². The minimum absolute atomic E-state index is 0.116. The number of unbranched alkanes of at least 4 members (excludes halogenated alkanes) is 2. The van der Waals surface area contributed by atoms with Crippen LogP contribution < -0.4 is 5.32 Å². The molecule has 0 saturated heterocycles. The predicted molar refractivity (Wildman–Crippen MR) is 86.6 cm³/mol.